The SMILES string of the molecule is CC(C)=CCC[C@@H](C)[C@H]1CC[C@@]2(C)[C@@H]3CC[C@H]4C(C)(C)[C@@H](O)CC[C@@]45C[C@@]35CC[C@]12C. The van der Waals surface area contributed by atoms with Crippen LogP contribution in [-0.2, 0) is 0 Å². The highest BCUT2D eigenvalue weighted by Crippen LogP contribution is 2.89. The van der Waals surface area contributed by atoms with Crippen molar-refractivity contribution in [2.45, 2.75) is 125 Å². The zero-order valence-corrected chi connectivity index (χ0v) is 21.7. The Kier molecular flexibility index (Phi) is 4.98. The Morgan fingerprint density at radius 1 is 0.871 bits per heavy atom. The topological polar surface area (TPSA) is 20.2 Å². The van der Waals surface area contributed by atoms with Gasteiger partial charge in [0.1, 0.15) is 0 Å². The summed E-state index contributed by atoms with van der Waals surface area (Å²) in [6.07, 6.45) is 17.6. The van der Waals surface area contributed by atoms with Crippen LogP contribution in [0.2, 0.25) is 0 Å². The van der Waals surface area contributed by atoms with Gasteiger partial charge in [0.25, 0.3) is 0 Å². The number of allylic oxidation sites excluding steroid dienone is 2. The minimum Gasteiger partial charge on any atom is -0.393 e. The van der Waals surface area contributed by atoms with Crippen LogP contribution >= 0.6 is 0 Å². The van der Waals surface area contributed by atoms with Crippen molar-refractivity contribution >= 4 is 0 Å². The molecule has 9 atom stereocenters. The Hall–Kier alpha value is -0.300. The van der Waals surface area contributed by atoms with Gasteiger partial charge in [-0.1, -0.05) is 46.3 Å². The third-order valence-corrected chi connectivity index (χ3v) is 13.0. The molecule has 0 aliphatic heterocycles. The fraction of sp³-hybridized carbons (Fsp3) is 0.933. The average molecular weight is 427 g/mol. The summed E-state index contributed by atoms with van der Waals surface area (Å²) in [6, 6.07) is 0. The second-order valence-corrected chi connectivity index (χ2v) is 14.4. The van der Waals surface area contributed by atoms with E-state index in [4.69, 9.17) is 0 Å². The van der Waals surface area contributed by atoms with E-state index >= 15 is 0 Å². The Balaban J connectivity index is 1.41. The first-order chi connectivity index (χ1) is 14.4. The van der Waals surface area contributed by atoms with Crippen molar-refractivity contribution in [3.05, 3.63) is 11.6 Å². The van der Waals surface area contributed by atoms with Crippen LogP contribution in [0.4, 0.5) is 0 Å². The first-order valence-electron chi connectivity index (χ1n) is 13.8. The maximum absolute atomic E-state index is 10.8. The van der Waals surface area contributed by atoms with Crippen LogP contribution in [0.25, 0.3) is 0 Å². The van der Waals surface area contributed by atoms with Crippen LogP contribution in [0.3, 0.4) is 0 Å². The van der Waals surface area contributed by atoms with Gasteiger partial charge in [-0.25, -0.2) is 0 Å². The molecule has 0 aromatic rings. The molecule has 1 nitrogen and oxygen atoms in total. The van der Waals surface area contributed by atoms with Gasteiger partial charge in [-0.3, -0.25) is 0 Å². The largest absolute Gasteiger partial charge is 0.393 e. The van der Waals surface area contributed by atoms with Crippen LogP contribution in [-0.4, -0.2) is 11.2 Å². The summed E-state index contributed by atoms with van der Waals surface area (Å²) in [5.41, 5.74) is 3.87. The molecule has 0 bridgehead atoms. The predicted octanol–water partition coefficient (Wildman–Crippen LogP) is 8.17. The number of aliphatic hydroxyl groups is 1. The summed E-state index contributed by atoms with van der Waals surface area (Å²) in [6.45, 7) is 17.3. The lowest BCUT2D eigenvalue weighted by atomic mass is 9.41. The van der Waals surface area contributed by atoms with Crippen molar-refractivity contribution in [2.75, 3.05) is 0 Å². The normalized spacial score (nSPS) is 52.9. The molecule has 0 aromatic heterocycles. The highest BCUT2D eigenvalue weighted by atomic mass is 16.3. The average Bonchev–Trinajstić information content (AvgIpc) is 3.27. The molecule has 1 heteroatoms. The van der Waals surface area contributed by atoms with Crippen LogP contribution in [0.5, 0.6) is 0 Å². The molecule has 5 aliphatic carbocycles. The summed E-state index contributed by atoms with van der Waals surface area (Å²) < 4.78 is 0. The van der Waals surface area contributed by atoms with Gasteiger partial charge in [-0.15, -0.1) is 0 Å². The second-order valence-electron chi connectivity index (χ2n) is 14.4. The number of rotatable bonds is 4. The standard InChI is InChI=1S/C30H50O/c1-20(2)9-8-10-21(3)22-13-15-28(7)24-12-11-23-26(4,5)25(31)14-16-29(23)19-30(24,29)18-17-27(22,28)6/h9,21-25,31H,8,10-19H2,1-7H3/t21-,22-,23+,24+,25+,27-,28+,29-,30+/m1/s1. The van der Waals surface area contributed by atoms with Crippen molar-refractivity contribution in [2.24, 2.45) is 50.7 Å². The summed E-state index contributed by atoms with van der Waals surface area (Å²) >= 11 is 0. The zero-order valence-electron chi connectivity index (χ0n) is 21.7. The predicted molar refractivity (Wildman–Crippen MR) is 131 cm³/mol. The van der Waals surface area contributed by atoms with Crippen LogP contribution in [0.15, 0.2) is 11.6 Å². The van der Waals surface area contributed by atoms with E-state index in [1.807, 2.05) is 0 Å². The van der Waals surface area contributed by atoms with E-state index in [0.717, 1.165) is 30.1 Å². The van der Waals surface area contributed by atoms with Crippen molar-refractivity contribution in [1.82, 2.24) is 0 Å². The van der Waals surface area contributed by atoms with Gasteiger partial charge in [0.05, 0.1) is 6.10 Å². The first kappa shape index (κ1) is 22.5. The number of fused-ring (bicyclic) bond motifs is 2. The smallest absolute Gasteiger partial charge is 0.0594 e. The molecule has 0 heterocycles. The zero-order chi connectivity index (χ0) is 22.4. The van der Waals surface area contributed by atoms with Crippen molar-refractivity contribution in [3.63, 3.8) is 0 Å². The summed E-state index contributed by atoms with van der Waals surface area (Å²) in [5, 5.41) is 10.8. The van der Waals surface area contributed by atoms with E-state index < -0.39 is 0 Å². The second kappa shape index (κ2) is 6.86. The highest BCUT2D eigenvalue weighted by molar-refractivity contribution is 5.30. The molecule has 176 valence electrons. The summed E-state index contributed by atoms with van der Waals surface area (Å²) in [5.74, 6) is 3.46. The molecule has 5 aliphatic rings. The first-order valence-corrected chi connectivity index (χ1v) is 13.8. The molecule has 0 amide bonds. The molecule has 5 fully saturated rings. The Morgan fingerprint density at radius 2 is 1.55 bits per heavy atom. The van der Waals surface area contributed by atoms with E-state index in [-0.39, 0.29) is 11.5 Å². The van der Waals surface area contributed by atoms with Crippen molar-refractivity contribution < 1.29 is 5.11 Å². The number of hydrogen-bond acceptors (Lipinski definition) is 1. The lowest BCUT2D eigenvalue weighted by Gasteiger charge is -2.63. The van der Waals surface area contributed by atoms with Crippen molar-refractivity contribution in [3.8, 4) is 0 Å². The van der Waals surface area contributed by atoms with Gasteiger partial charge >= 0.3 is 0 Å². The fourth-order valence-corrected chi connectivity index (χ4v) is 11.1. The minimum atomic E-state index is -0.0840. The van der Waals surface area contributed by atoms with Crippen LogP contribution in [0, 0.1) is 50.7 Å². The molecule has 2 spiro atoms. The molecule has 1 N–H and O–H groups in total. The summed E-state index contributed by atoms with van der Waals surface area (Å²) in [7, 11) is 0. The molecule has 0 saturated heterocycles. The van der Waals surface area contributed by atoms with E-state index in [2.05, 4.69) is 54.5 Å². The lowest BCUT2D eigenvalue weighted by molar-refractivity contribution is -0.161. The molecule has 0 aromatic carbocycles. The third-order valence-electron chi connectivity index (χ3n) is 13.0. The Labute approximate surface area is 192 Å². The van der Waals surface area contributed by atoms with Crippen LogP contribution in [0.1, 0.15) is 119 Å². The number of hydrogen-bond donors (Lipinski definition) is 1. The monoisotopic (exact) mass is 426 g/mol. The Morgan fingerprint density at radius 3 is 2.26 bits per heavy atom. The van der Waals surface area contributed by atoms with Gasteiger partial charge in [-0.05, 0) is 135 Å². The van der Waals surface area contributed by atoms with E-state index in [0.29, 0.717) is 21.7 Å². The quantitative estimate of drug-likeness (QED) is 0.449. The van der Waals surface area contributed by atoms with E-state index in [1.165, 1.54) is 69.8 Å². The maximum atomic E-state index is 10.8. The lowest BCUT2D eigenvalue weighted by Crippen LogP contribution is -2.57. The van der Waals surface area contributed by atoms with E-state index in [1.54, 1.807) is 0 Å². The fourth-order valence-electron chi connectivity index (χ4n) is 11.1. The molecule has 31 heavy (non-hydrogen) atoms. The van der Waals surface area contributed by atoms with Crippen LogP contribution < -0.4 is 0 Å². The molecule has 0 unspecified atom stereocenters. The molecule has 0 radical (unpaired) electrons. The molecular weight excluding hydrogens is 376 g/mol. The van der Waals surface area contributed by atoms with Crippen molar-refractivity contribution in [1.29, 1.82) is 0 Å². The van der Waals surface area contributed by atoms with Gasteiger partial charge in [0, 0.05) is 0 Å². The minimum absolute atomic E-state index is 0.0840. The van der Waals surface area contributed by atoms with Gasteiger partial charge in [0.2, 0.25) is 0 Å². The maximum Gasteiger partial charge on any atom is 0.0594 e. The molecule has 5 saturated carbocycles. The highest BCUT2D eigenvalue weighted by Gasteiger charge is 2.82. The molecule has 5 rings (SSSR count). The van der Waals surface area contributed by atoms with E-state index in [9.17, 15) is 5.11 Å². The van der Waals surface area contributed by atoms with Gasteiger partial charge in [-0.2, -0.15) is 0 Å². The van der Waals surface area contributed by atoms with Gasteiger partial charge in [0.15, 0.2) is 0 Å². The van der Waals surface area contributed by atoms with Gasteiger partial charge < -0.3 is 5.11 Å². The number of aliphatic hydroxyl groups excluding tert-OH is 1. The third kappa shape index (κ3) is 2.71. The Bertz CT molecular complexity index is 760. The summed E-state index contributed by atoms with van der Waals surface area (Å²) in [4.78, 5) is 0. The molecular formula is C30H50O.